The number of nitrogens with zero attached hydrogens (tertiary/aromatic N) is 2. The van der Waals surface area contributed by atoms with E-state index in [4.69, 9.17) is 4.74 Å². The van der Waals surface area contributed by atoms with Crippen molar-refractivity contribution in [2.75, 3.05) is 36.7 Å². The molecule has 2 fully saturated rings. The molecule has 0 N–H and O–H groups in total. The molecule has 0 bridgehead atoms. The number of carbonyl (C=O) groups is 2. The number of ether oxygens (including phenoxy) is 1. The standard InChI is InChI=1S/C15H18N2O3S/c1-20-13-4-2-3-12(8-13)17-9-11(7-14(17)18)15(19)16-5-6-21-10-16/h2-4,8,11H,5-7,9-10H2,1H3. The summed E-state index contributed by atoms with van der Waals surface area (Å²) in [4.78, 5) is 28.2. The Balaban J connectivity index is 1.73. The van der Waals surface area contributed by atoms with Crippen LogP contribution in [0.5, 0.6) is 5.75 Å². The van der Waals surface area contributed by atoms with Crippen molar-refractivity contribution in [2.24, 2.45) is 5.92 Å². The Kier molecular flexibility index (Phi) is 4.05. The summed E-state index contributed by atoms with van der Waals surface area (Å²) in [5, 5.41) is 0. The van der Waals surface area contributed by atoms with Gasteiger partial charge < -0.3 is 14.5 Å². The summed E-state index contributed by atoms with van der Waals surface area (Å²) in [5.74, 6) is 2.36. The van der Waals surface area contributed by atoms with E-state index in [9.17, 15) is 9.59 Å². The van der Waals surface area contributed by atoms with Crippen LogP contribution in [0.1, 0.15) is 6.42 Å². The summed E-state index contributed by atoms with van der Waals surface area (Å²) in [5.41, 5.74) is 0.797. The topological polar surface area (TPSA) is 49.9 Å². The van der Waals surface area contributed by atoms with Gasteiger partial charge in [-0.2, -0.15) is 0 Å². The Bertz CT molecular complexity index is 558. The summed E-state index contributed by atoms with van der Waals surface area (Å²) in [6.07, 6.45) is 0.303. The van der Waals surface area contributed by atoms with Gasteiger partial charge in [0.05, 0.1) is 18.9 Å². The fourth-order valence-corrected chi connectivity index (χ4v) is 3.70. The van der Waals surface area contributed by atoms with E-state index in [1.165, 1.54) is 0 Å². The monoisotopic (exact) mass is 306 g/mol. The third-order valence-electron chi connectivity index (χ3n) is 3.90. The molecule has 0 saturated carbocycles. The highest BCUT2D eigenvalue weighted by molar-refractivity contribution is 7.99. The Morgan fingerprint density at radius 3 is 3.00 bits per heavy atom. The smallest absolute Gasteiger partial charge is 0.228 e. The summed E-state index contributed by atoms with van der Waals surface area (Å²) < 4.78 is 5.19. The zero-order chi connectivity index (χ0) is 14.8. The lowest BCUT2D eigenvalue weighted by Crippen LogP contribution is -2.35. The normalized spacial score (nSPS) is 22.0. The molecule has 0 aromatic heterocycles. The molecule has 1 aromatic carbocycles. The molecule has 5 nitrogen and oxygen atoms in total. The number of benzene rings is 1. The maximum Gasteiger partial charge on any atom is 0.228 e. The number of methoxy groups -OCH3 is 1. The molecule has 0 aliphatic carbocycles. The number of amides is 2. The van der Waals surface area contributed by atoms with Crippen LogP contribution in [0.2, 0.25) is 0 Å². The highest BCUT2D eigenvalue weighted by Gasteiger charge is 2.37. The van der Waals surface area contributed by atoms with E-state index in [0.717, 1.165) is 23.9 Å². The lowest BCUT2D eigenvalue weighted by atomic mass is 10.1. The molecule has 2 amide bonds. The molecule has 6 heteroatoms. The van der Waals surface area contributed by atoms with Crippen LogP contribution in [0.3, 0.4) is 0 Å². The predicted molar refractivity (Wildman–Crippen MR) is 82.5 cm³/mol. The van der Waals surface area contributed by atoms with Crippen LogP contribution in [0.4, 0.5) is 5.69 Å². The van der Waals surface area contributed by atoms with Crippen LogP contribution in [0.25, 0.3) is 0 Å². The maximum atomic E-state index is 12.4. The maximum absolute atomic E-state index is 12.4. The second-order valence-electron chi connectivity index (χ2n) is 5.25. The third-order valence-corrected chi connectivity index (χ3v) is 4.87. The fraction of sp³-hybridized carbons (Fsp3) is 0.467. The number of hydrogen-bond donors (Lipinski definition) is 0. The minimum atomic E-state index is -0.220. The van der Waals surface area contributed by atoms with Gasteiger partial charge in [0.15, 0.2) is 0 Å². The Morgan fingerprint density at radius 2 is 2.29 bits per heavy atom. The van der Waals surface area contributed by atoms with E-state index in [0.29, 0.717) is 18.7 Å². The second-order valence-corrected chi connectivity index (χ2v) is 6.32. The summed E-state index contributed by atoms with van der Waals surface area (Å²) in [6.45, 7) is 1.26. The van der Waals surface area contributed by atoms with Crippen LogP contribution < -0.4 is 9.64 Å². The van der Waals surface area contributed by atoms with Gasteiger partial charge in [-0.25, -0.2) is 0 Å². The lowest BCUT2D eigenvalue weighted by molar-refractivity contribution is -0.134. The molecule has 2 aliphatic heterocycles. The quantitative estimate of drug-likeness (QED) is 0.851. The molecule has 0 radical (unpaired) electrons. The number of thioether (sulfide) groups is 1. The molecule has 1 atom stereocenters. The van der Waals surface area contributed by atoms with Crippen LogP contribution in [0, 0.1) is 5.92 Å². The molecule has 2 heterocycles. The SMILES string of the molecule is COc1cccc(N2CC(C(=O)N3CCSC3)CC2=O)c1. The average molecular weight is 306 g/mol. The lowest BCUT2D eigenvalue weighted by Gasteiger charge is -2.20. The Hall–Kier alpha value is -1.69. The zero-order valence-electron chi connectivity index (χ0n) is 11.9. The Morgan fingerprint density at radius 1 is 1.43 bits per heavy atom. The molecule has 2 aliphatic rings. The summed E-state index contributed by atoms with van der Waals surface area (Å²) in [7, 11) is 1.60. The van der Waals surface area contributed by atoms with Crippen molar-refractivity contribution in [1.29, 1.82) is 0 Å². The van der Waals surface area contributed by atoms with Gasteiger partial charge in [0, 0.05) is 37.0 Å². The van der Waals surface area contributed by atoms with Gasteiger partial charge in [-0.1, -0.05) is 6.07 Å². The average Bonchev–Trinajstić information content (AvgIpc) is 3.16. The minimum absolute atomic E-state index is 0.00783. The fourth-order valence-electron chi connectivity index (χ4n) is 2.75. The van der Waals surface area contributed by atoms with Crippen molar-refractivity contribution >= 4 is 29.3 Å². The van der Waals surface area contributed by atoms with Crippen molar-refractivity contribution < 1.29 is 14.3 Å². The van der Waals surface area contributed by atoms with Gasteiger partial charge in [0.1, 0.15) is 5.75 Å². The van der Waals surface area contributed by atoms with Gasteiger partial charge in [0.25, 0.3) is 0 Å². The third kappa shape index (κ3) is 2.85. The van der Waals surface area contributed by atoms with Crippen molar-refractivity contribution in [3.8, 4) is 5.75 Å². The van der Waals surface area contributed by atoms with Crippen LogP contribution in [-0.2, 0) is 9.59 Å². The van der Waals surface area contributed by atoms with Crippen molar-refractivity contribution in [1.82, 2.24) is 4.90 Å². The summed E-state index contributed by atoms with van der Waals surface area (Å²) >= 11 is 1.76. The first-order valence-corrected chi connectivity index (χ1v) is 8.15. The molecule has 21 heavy (non-hydrogen) atoms. The van der Waals surface area contributed by atoms with E-state index >= 15 is 0 Å². The van der Waals surface area contributed by atoms with Gasteiger partial charge in [-0.05, 0) is 12.1 Å². The molecular formula is C15H18N2O3S. The van der Waals surface area contributed by atoms with E-state index in [1.807, 2.05) is 29.2 Å². The molecule has 112 valence electrons. The van der Waals surface area contributed by atoms with E-state index < -0.39 is 0 Å². The van der Waals surface area contributed by atoms with Gasteiger partial charge in [0.2, 0.25) is 11.8 Å². The number of rotatable bonds is 3. The minimum Gasteiger partial charge on any atom is -0.497 e. The number of anilines is 1. The van der Waals surface area contributed by atoms with Gasteiger partial charge in [-0.15, -0.1) is 11.8 Å². The second kappa shape index (κ2) is 5.97. The highest BCUT2D eigenvalue weighted by atomic mass is 32.2. The van der Waals surface area contributed by atoms with Crippen molar-refractivity contribution in [3.63, 3.8) is 0 Å². The molecule has 1 unspecified atom stereocenters. The first kappa shape index (κ1) is 14.3. The number of carbonyl (C=O) groups excluding carboxylic acids is 2. The van der Waals surface area contributed by atoms with Crippen molar-refractivity contribution in [3.05, 3.63) is 24.3 Å². The van der Waals surface area contributed by atoms with Gasteiger partial charge in [-0.3, -0.25) is 9.59 Å². The predicted octanol–water partition coefficient (Wildman–Crippen LogP) is 1.58. The summed E-state index contributed by atoms with van der Waals surface area (Å²) in [6, 6.07) is 7.40. The number of hydrogen-bond acceptors (Lipinski definition) is 4. The van der Waals surface area contributed by atoms with E-state index in [2.05, 4.69) is 0 Å². The first-order chi connectivity index (χ1) is 10.2. The molecule has 1 aromatic rings. The van der Waals surface area contributed by atoms with Crippen LogP contribution in [-0.4, -0.2) is 48.5 Å². The highest BCUT2D eigenvalue weighted by Crippen LogP contribution is 2.29. The van der Waals surface area contributed by atoms with Gasteiger partial charge >= 0.3 is 0 Å². The van der Waals surface area contributed by atoms with Crippen LogP contribution in [0.15, 0.2) is 24.3 Å². The Labute approximate surface area is 128 Å². The van der Waals surface area contributed by atoms with E-state index in [-0.39, 0.29) is 17.7 Å². The molecular weight excluding hydrogens is 288 g/mol. The largest absolute Gasteiger partial charge is 0.497 e. The van der Waals surface area contributed by atoms with Crippen LogP contribution >= 0.6 is 11.8 Å². The molecule has 3 rings (SSSR count). The first-order valence-electron chi connectivity index (χ1n) is 7.00. The molecule has 0 spiro atoms. The zero-order valence-corrected chi connectivity index (χ0v) is 12.8. The van der Waals surface area contributed by atoms with E-state index in [1.54, 1.807) is 23.8 Å². The molecule has 2 saturated heterocycles. The van der Waals surface area contributed by atoms with Crippen molar-refractivity contribution in [2.45, 2.75) is 6.42 Å².